The third kappa shape index (κ3) is 4.87. The second-order valence-electron chi connectivity index (χ2n) is 8.12. The lowest BCUT2D eigenvalue weighted by Crippen LogP contribution is -2.43. The third-order valence-electron chi connectivity index (χ3n) is 5.54. The number of rotatable bonds is 6. The van der Waals surface area contributed by atoms with Gasteiger partial charge in [0.15, 0.2) is 0 Å². The SMILES string of the molecule is CC(C)c1ccc(S(=O)(=O)N2CCC(C(=O)N(C)Cc3cnn(C)c3)CC2)cc1. The molecule has 1 aromatic carbocycles. The molecule has 158 valence electrons. The molecule has 0 atom stereocenters. The van der Waals surface area contributed by atoms with Crippen LogP contribution in [-0.2, 0) is 28.4 Å². The van der Waals surface area contributed by atoms with Crippen molar-refractivity contribution in [2.24, 2.45) is 13.0 Å². The van der Waals surface area contributed by atoms with Gasteiger partial charge in [-0.25, -0.2) is 8.42 Å². The molecule has 1 saturated heterocycles. The molecule has 2 aromatic rings. The van der Waals surface area contributed by atoms with Crippen LogP contribution in [0.4, 0.5) is 0 Å². The molecule has 1 aliphatic heterocycles. The van der Waals surface area contributed by atoms with Gasteiger partial charge in [0.1, 0.15) is 0 Å². The highest BCUT2D eigenvalue weighted by Crippen LogP contribution is 2.26. The molecule has 1 fully saturated rings. The average Bonchev–Trinajstić information content (AvgIpc) is 3.12. The van der Waals surface area contributed by atoms with Crippen molar-refractivity contribution in [3.05, 3.63) is 47.8 Å². The van der Waals surface area contributed by atoms with Crippen LogP contribution in [0, 0.1) is 5.92 Å². The molecule has 2 heterocycles. The second-order valence-corrected chi connectivity index (χ2v) is 10.1. The zero-order chi connectivity index (χ0) is 21.2. The third-order valence-corrected chi connectivity index (χ3v) is 7.45. The van der Waals surface area contributed by atoms with Gasteiger partial charge in [-0.05, 0) is 36.5 Å². The van der Waals surface area contributed by atoms with E-state index in [0.717, 1.165) is 11.1 Å². The number of piperidine rings is 1. The van der Waals surface area contributed by atoms with Gasteiger partial charge in [-0.3, -0.25) is 9.48 Å². The van der Waals surface area contributed by atoms with E-state index in [0.29, 0.717) is 43.3 Å². The van der Waals surface area contributed by atoms with Crippen molar-refractivity contribution in [3.63, 3.8) is 0 Å². The molecule has 0 radical (unpaired) electrons. The second kappa shape index (κ2) is 8.67. The fraction of sp³-hybridized carbons (Fsp3) is 0.524. The Kier molecular flexibility index (Phi) is 6.43. The van der Waals surface area contributed by atoms with Crippen LogP contribution < -0.4 is 0 Å². The average molecular weight is 419 g/mol. The maximum Gasteiger partial charge on any atom is 0.243 e. The molecule has 0 unspecified atom stereocenters. The first-order valence-corrected chi connectivity index (χ1v) is 11.4. The summed E-state index contributed by atoms with van der Waals surface area (Å²) in [7, 11) is 0.109. The number of carbonyl (C=O) groups excluding carboxylic acids is 1. The summed E-state index contributed by atoms with van der Waals surface area (Å²) in [5.41, 5.74) is 2.10. The Morgan fingerprint density at radius 1 is 1.21 bits per heavy atom. The summed E-state index contributed by atoms with van der Waals surface area (Å²) < 4.78 is 29.1. The number of benzene rings is 1. The van der Waals surface area contributed by atoms with Gasteiger partial charge in [0, 0.05) is 51.4 Å². The zero-order valence-corrected chi connectivity index (χ0v) is 18.4. The van der Waals surface area contributed by atoms with E-state index in [-0.39, 0.29) is 11.8 Å². The van der Waals surface area contributed by atoms with Gasteiger partial charge < -0.3 is 4.90 Å². The summed E-state index contributed by atoms with van der Waals surface area (Å²) >= 11 is 0. The molecule has 3 rings (SSSR count). The largest absolute Gasteiger partial charge is 0.341 e. The minimum absolute atomic E-state index is 0.0622. The molecule has 0 spiro atoms. The van der Waals surface area contributed by atoms with E-state index in [1.54, 1.807) is 35.0 Å². The van der Waals surface area contributed by atoms with Crippen LogP contribution in [0.25, 0.3) is 0 Å². The normalized spacial score (nSPS) is 16.3. The number of aromatic nitrogens is 2. The number of hydrogen-bond acceptors (Lipinski definition) is 4. The van der Waals surface area contributed by atoms with Crippen molar-refractivity contribution in [1.82, 2.24) is 19.0 Å². The van der Waals surface area contributed by atoms with Crippen LogP contribution in [0.3, 0.4) is 0 Å². The number of carbonyl (C=O) groups is 1. The standard InChI is InChI=1S/C21H30N4O3S/c1-16(2)18-5-7-20(8-6-18)29(27,28)25-11-9-19(10-12-25)21(26)23(3)14-17-13-22-24(4)15-17/h5-8,13,15-16,19H,9-12,14H2,1-4H3. The number of nitrogens with zero attached hydrogens (tertiary/aromatic N) is 4. The molecule has 1 aromatic heterocycles. The smallest absolute Gasteiger partial charge is 0.243 e. The number of hydrogen-bond donors (Lipinski definition) is 0. The first kappa shape index (κ1) is 21.5. The van der Waals surface area contributed by atoms with E-state index in [4.69, 9.17) is 0 Å². The minimum Gasteiger partial charge on any atom is -0.341 e. The highest BCUT2D eigenvalue weighted by molar-refractivity contribution is 7.89. The molecule has 0 bridgehead atoms. The van der Waals surface area contributed by atoms with Crippen molar-refractivity contribution in [2.45, 2.75) is 44.0 Å². The summed E-state index contributed by atoms with van der Waals surface area (Å²) in [6, 6.07) is 7.12. The predicted molar refractivity (Wildman–Crippen MR) is 112 cm³/mol. The Bertz CT molecular complexity index is 943. The van der Waals surface area contributed by atoms with Crippen molar-refractivity contribution in [2.75, 3.05) is 20.1 Å². The first-order chi connectivity index (χ1) is 13.7. The van der Waals surface area contributed by atoms with Crippen molar-refractivity contribution < 1.29 is 13.2 Å². The molecule has 1 aliphatic rings. The maximum absolute atomic E-state index is 12.9. The monoisotopic (exact) mass is 418 g/mol. The van der Waals surface area contributed by atoms with E-state index in [1.807, 2.05) is 25.4 Å². The highest BCUT2D eigenvalue weighted by atomic mass is 32.2. The van der Waals surface area contributed by atoms with Gasteiger partial charge in [-0.2, -0.15) is 9.40 Å². The Labute approximate surface area is 173 Å². The van der Waals surface area contributed by atoms with Gasteiger partial charge in [-0.1, -0.05) is 26.0 Å². The Balaban J connectivity index is 1.59. The Morgan fingerprint density at radius 2 is 1.83 bits per heavy atom. The molecule has 0 aliphatic carbocycles. The van der Waals surface area contributed by atoms with Gasteiger partial charge >= 0.3 is 0 Å². The van der Waals surface area contributed by atoms with Gasteiger partial charge in [0.2, 0.25) is 15.9 Å². The molecule has 8 heteroatoms. The van der Waals surface area contributed by atoms with Crippen LogP contribution in [0.2, 0.25) is 0 Å². The van der Waals surface area contributed by atoms with Gasteiger partial charge in [-0.15, -0.1) is 0 Å². The number of sulfonamides is 1. The Morgan fingerprint density at radius 3 is 2.34 bits per heavy atom. The van der Waals surface area contributed by atoms with Gasteiger partial charge in [0.05, 0.1) is 11.1 Å². The maximum atomic E-state index is 12.9. The molecule has 29 heavy (non-hydrogen) atoms. The summed E-state index contributed by atoms with van der Waals surface area (Å²) in [5, 5.41) is 4.13. The predicted octanol–water partition coefficient (Wildman–Crippen LogP) is 2.60. The molecule has 0 saturated carbocycles. The van der Waals surface area contributed by atoms with Crippen molar-refractivity contribution in [1.29, 1.82) is 0 Å². The summed E-state index contributed by atoms with van der Waals surface area (Å²) in [6.45, 7) is 5.40. The van der Waals surface area contributed by atoms with Crippen molar-refractivity contribution >= 4 is 15.9 Å². The molecular weight excluding hydrogens is 388 g/mol. The van der Waals surface area contributed by atoms with E-state index in [9.17, 15) is 13.2 Å². The van der Waals surface area contributed by atoms with Crippen LogP contribution in [0.5, 0.6) is 0 Å². The van der Waals surface area contributed by atoms with Crippen LogP contribution in [0.15, 0.2) is 41.6 Å². The number of amides is 1. The summed E-state index contributed by atoms with van der Waals surface area (Å²) in [5.74, 6) is 0.274. The van der Waals surface area contributed by atoms with Crippen LogP contribution >= 0.6 is 0 Å². The molecule has 7 nitrogen and oxygen atoms in total. The lowest BCUT2D eigenvalue weighted by Gasteiger charge is -2.32. The molecule has 0 N–H and O–H groups in total. The zero-order valence-electron chi connectivity index (χ0n) is 17.6. The van der Waals surface area contributed by atoms with Crippen molar-refractivity contribution in [3.8, 4) is 0 Å². The quantitative estimate of drug-likeness (QED) is 0.723. The van der Waals surface area contributed by atoms with E-state index >= 15 is 0 Å². The minimum atomic E-state index is -3.52. The number of aryl methyl sites for hydroxylation is 1. The summed E-state index contributed by atoms with van der Waals surface area (Å²) in [6.07, 6.45) is 4.73. The van der Waals surface area contributed by atoms with Crippen LogP contribution in [0.1, 0.15) is 43.7 Å². The lowest BCUT2D eigenvalue weighted by atomic mass is 9.96. The van der Waals surface area contributed by atoms with E-state index < -0.39 is 10.0 Å². The first-order valence-electron chi connectivity index (χ1n) is 10.0. The fourth-order valence-corrected chi connectivity index (χ4v) is 5.20. The topological polar surface area (TPSA) is 75.5 Å². The van der Waals surface area contributed by atoms with E-state index in [1.165, 1.54) is 4.31 Å². The highest BCUT2D eigenvalue weighted by Gasteiger charge is 2.33. The Hall–Kier alpha value is -2.19. The fourth-order valence-electron chi connectivity index (χ4n) is 3.73. The molecular formula is C21H30N4O3S. The lowest BCUT2D eigenvalue weighted by molar-refractivity contribution is -0.135. The molecule has 1 amide bonds. The van der Waals surface area contributed by atoms with E-state index in [2.05, 4.69) is 18.9 Å². The summed E-state index contributed by atoms with van der Waals surface area (Å²) in [4.78, 5) is 14.8. The van der Waals surface area contributed by atoms with Crippen LogP contribution in [-0.4, -0.2) is 53.4 Å². The van der Waals surface area contributed by atoms with Gasteiger partial charge in [0.25, 0.3) is 0 Å².